The van der Waals surface area contributed by atoms with Crippen LogP contribution in [0.3, 0.4) is 0 Å². The van der Waals surface area contributed by atoms with E-state index in [0.717, 1.165) is 12.1 Å². The molecular formula is C9H5ClF3N3O. The van der Waals surface area contributed by atoms with Crippen molar-refractivity contribution in [1.29, 1.82) is 0 Å². The van der Waals surface area contributed by atoms with E-state index in [1.807, 2.05) is 0 Å². The molecule has 0 aliphatic rings. The van der Waals surface area contributed by atoms with Crippen molar-refractivity contribution in [3.8, 4) is 0 Å². The van der Waals surface area contributed by atoms with E-state index in [2.05, 4.69) is 15.5 Å². The van der Waals surface area contributed by atoms with Crippen LogP contribution in [-0.2, 0) is 5.88 Å². The third kappa shape index (κ3) is 2.33. The van der Waals surface area contributed by atoms with Gasteiger partial charge in [0.05, 0.1) is 5.69 Å². The van der Waals surface area contributed by atoms with Crippen molar-refractivity contribution >= 4 is 23.3 Å². The van der Waals surface area contributed by atoms with Crippen LogP contribution in [0.4, 0.5) is 24.9 Å². The van der Waals surface area contributed by atoms with Gasteiger partial charge in [-0.3, -0.25) is 0 Å². The van der Waals surface area contributed by atoms with Crippen LogP contribution < -0.4 is 5.32 Å². The lowest BCUT2D eigenvalue weighted by Gasteiger charge is -2.03. The Kier molecular flexibility index (Phi) is 3.19. The molecule has 2 rings (SSSR count). The van der Waals surface area contributed by atoms with Crippen LogP contribution in [0.2, 0.25) is 0 Å². The van der Waals surface area contributed by atoms with E-state index >= 15 is 0 Å². The van der Waals surface area contributed by atoms with E-state index in [-0.39, 0.29) is 23.5 Å². The highest BCUT2D eigenvalue weighted by Crippen LogP contribution is 2.22. The topological polar surface area (TPSA) is 51.0 Å². The lowest BCUT2D eigenvalue weighted by Crippen LogP contribution is -1.98. The fourth-order valence-corrected chi connectivity index (χ4v) is 1.20. The molecule has 0 saturated heterocycles. The number of hydrogen-bond acceptors (Lipinski definition) is 4. The monoisotopic (exact) mass is 263 g/mol. The number of anilines is 2. The van der Waals surface area contributed by atoms with Crippen molar-refractivity contribution < 1.29 is 17.6 Å². The van der Waals surface area contributed by atoms with E-state index in [9.17, 15) is 13.2 Å². The summed E-state index contributed by atoms with van der Waals surface area (Å²) in [5.41, 5.74) is -0.311. The van der Waals surface area contributed by atoms with E-state index < -0.39 is 17.5 Å². The summed E-state index contributed by atoms with van der Waals surface area (Å²) in [4.78, 5) is 0. The number of rotatable bonds is 3. The number of nitrogens with one attached hydrogen (secondary N) is 1. The molecule has 1 aromatic heterocycles. The van der Waals surface area contributed by atoms with Crippen molar-refractivity contribution in [2.45, 2.75) is 5.88 Å². The first-order chi connectivity index (χ1) is 8.11. The fraction of sp³-hybridized carbons (Fsp3) is 0.111. The summed E-state index contributed by atoms with van der Waals surface area (Å²) in [5.74, 6) is -4.10. The molecular weight excluding hydrogens is 259 g/mol. The van der Waals surface area contributed by atoms with Gasteiger partial charge in [-0.2, -0.15) is 0 Å². The van der Waals surface area contributed by atoms with Crippen LogP contribution in [0.1, 0.15) is 5.89 Å². The first-order valence-corrected chi connectivity index (χ1v) is 4.94. The van der Waals surface area contributed by atoms with Gasteiger partial charge in [0.2, 0.25) is 5.89 Å². The SMILES string of the molecule is Fc1ccc(Nc2nnc(CCl)o2)c(F)c1F. The van der Waals surface area contributed by atoms with E-state index in [0.29, 0.717) is 0 Å². The van der Waals surface area contributed by atoms with Gasteiger partial charge in [-0.25, -0.2) is 13.2 Å². The molecule has 17 heavy (non-hydrogen) atoms. The molecule has 1 N–H and O–H groups in total. The molecule has 1 heterocycles. The Bertz CT molecular complexity index is 546. The summed E-state index contributed by atoms with van der Waals surface area (Å²) in [6, 6.07) is 1.63. The second-order valence-corrected chi connectivity index (χ2v) is 3.25. The van der Waals surface area contributed by atoms with Gasteiger partial charge in [-0.1, -0.05) is 5.10 Å². The number of hydrogen-bond donors (Lipinski definition) is 1. The van der Waals surface area contributed by atoms with Gasteiger partial charge in [0.25, 0.3) is 0 Å². The molecule has 0 bridgehead atoms. The van der Waals surface area contributed by atoms with Crippen LogP contribution in [0.15, 0.2) is 16.5 Å². The van der Waals surface area contributed by atoms with Gasteiger partial charge in [0.15, 0.2) is 17.5 Å². The summed E-state index contributed by atoms with van der Waals surface area (Å²) < 4.78 is 43.7. The summed E-state index contributed by atoms with van der Waals surface area (Å²) in [6.45, 7) is 0. The van der Waals surface area contributed by atoms with E-state index in [1.165, 1.54) is 0 Å². The summed E-state index contributed by atoms with van der Waals surface area (Å²) >= 11 is 5.41. The molecule has 0 spiro atoms. The molecule has 4 nitrogen and oxygen atoms in total. The van der Waals surface area contributed by atoms with Crippen LogP contribution >= 0.6 is 11.6 Å². The summed E-state index contributed by atoms with van der Waals surface area (Å²) in [6.07, 6.45) is 0. The van der Waals surface area contributed by atoms with E-state index in [1.54, 1.807) is 0 Å². The maximum atomic E-state index is 13.2. The molecule has 0 unspecified atom stereocenters. The average molecular weight is 264 g/mol. The summed E-state index contributed by atoms with van der Waals surface area (Å²) in [5, 5.41) is 9.29. The first kappa shape index (κ1) is 11.7. The third-order valence-electron chi connectivity index (χ3n) is 1.86. The standard InChI is InChI=1S/C9H5ClF3N3O/c10-3-6-15-16-9(17-6)14-5-2-1-4(11)7(12)8(5)13/h1-2H,3H2,(H,14,16). The third-order valence-corrected chi connectivity index (χ3v) is 2.09. The minimum Gasteiger partial charge on any atom is -0.407 e. The van der Waals surface area contributed by atoms with E-state index in [4.69, 9.17) is 16.0 Å². The Labute approximate surface area is 98.4 Å². The fourth-order valence-electron chi connectivity index (χ4n) is 1.10. The van der Waals surface area contributed by atoms with Gasteiger partial charge in [-0.15, -0.1) is 16.7 Å². The van der Waals surface area contributed by atoms with Gasteiger partial charge in [0.1, 0.15) is 5.88 Å². The van der Waals surface area contributed by atoms with Crippen molar-refractivity contribution in [2.75, 3.05) is 5.32 Å². The molecule has 8 heteroatoms. The van der Waals surface area contributed by atoms with Crippen LogP contribution in [0.25, 0.3) is 0 Å². The molecule has 0 fully saturated rings. The molecule has 90 valence electrons. The van der Waals surface area contributed by atoms with Crippen LogP contribution in [0, 0.1) is 17.5 Å². The maximum Gasteiger partial charge on any atom is 0.320 e. The highest BCUT2D eigenvalue weighted by molar-refractivity contribution is 6.16. The zero-order valence-corrected chi connectivity index (χ0v) is 8.93. The largest absolute Gasteiger partial charge is 0.407 e. The predicted molar refractivity (Wildman–Crippen MR) is 53.5 cm³/mol. The Balaban J connectivity index is 2.27. The molecule has 0 aliphatic heterocycles. The summed E-state index contributed by atoms with van der Waals surface area (Å²) in [7, 11) is 0. The van der Waals surface area contributed by atoms with Crippen molar-refractivity contribution in [3.63, 3.8) is 0 Å². The van der Waals surface area contributed by atoms with Crippen molar-refractivity contribution in [2.24, 2.45) is 0 Å². The quantitative estimate of drug-likeness (QED) is 0.683. The van der Waals surface area contributed by atoms with Crippen LogP contribution in [0.5, 0.6) is 0 Å². The lowest BCUT2D eigenvalue weighted by atomic mass is 10.3. The number of alkyl halides is 1. The van der Waals surface area contributed by atoms with Crippen molar-refractivity contribution in [3.05, 3.63) is 35.5 Å². The zero-order chi connectivity index (χ0) is 12.4. The maximum absolute atomic E-state index is 13.2. The van der Waals surface area contributed by atoms with Crippen molar-refractivity contribution in [1.82, 2.24) is 10.2 Å². The smallest absolute Gasteiger partial charge is 0.320 e. The second kappa shape index (κ2) is 4.62. The van der Waals surface area contributed by atoms with Crippen LogP contribution in [-0.4, -0.2) is 10.2 Å². The number of halogens is 4. The van der Waals surface area contributed by atoms with Gasteiger partial charge < -0.3 is 9.73 Å². The second-order valence-electron chi connectivity index (χ2n) is 2.98. The Morgan fingerprint density at radius 2 is 1.94 bits per heavy atom. The Morgan fingerprint density at radius 1 is 1.18 bits per heavy atom. The number of benzene rings is 1. The van der Waals surface area contributed by atoms with Gasteiger partial charge in [0, 0.05) is 0 Å². The predicted octanol–water partition coefficient (Wildman–Crippen LogP) is 2.97. The number of aromatic nitrogens is 2. The highest BCUT2D eigenvalue weighted by Gasteiger charge is 2.15. The molecule has 0 atom stereocenters. The normalized spacial score (nSPS) is 10.6. The highest BCUT2D eigenvalue weighted by atomic mass is 35.5. The minimum atomic E-state index is -1.58. The van der Waals surface area contributed by atoms with Gasteiger partial charge >= 0.3 is 6.01 Å². The molecule has 2 aromatic rings. The molecule has 0 radical (unpaired) electrons. The average Bonchev–Trinajstić information content (AvgIpc) is 2.78. The number of nitrogens with zero attached hydrogens (tertiary/aromatic N) is 2. The molecule has 0 amide bonds. The Morgan fingerprint density at radius 3 is 2.59 bits per heavy atom. The lowest BCUT2D eigenvalue weighted by molar-refractivity contribution is 0.448. The zero-order valence-electron chi connectivity index (χ0n) is 8.18. The minimum absolute atomic E-state index is 0.00502. The molecule has 0 aliphatic carbocycles. The molecule has 0 saturated carbocycles. The van der Waals surface area contributed by atoms with Gasteiger partial charge in [-0.05, 0) is 12.1 Å². The molecule has 1 aromatic carbocycles. The first-order valence-electron chi connectivity index (χ1n) is 4.40. The Hall–Kier alpha value is -1.76.